The Kier molecular flexibility index (Phi) is 5.13. The third kappa shape index (κ3) is 3.85. The van der Waals surface area contributed by atoms with Crippen LogP contribution >= 0.6 is 22.7 Å². The highest BCUT2D eigenvalue weighted by atomic mass is 32.2. The summed E-state index contributed by atoms with van der Waals surface area (Å²) in [6, 6.07) is 1.48. The summed E-state index contributed by atoms with van der Waals surface area (Å²) >= 11 is 3.02. The van der Waals surface area contributed by atoms with Crippen molar-refractivity contribution in [1.29, 1.82) is 0 Å². The highest BCUT2D eigenvalue weighted by Gasteiger charge is 2.42. The predicted molar refractivity (Wildman–Crippen MR) is 105 cm³/mol. The molecule has 6 nitrogen and oxygen atoms in total. The first-order valence-electron chi connectivity index (χ1n) is 8.75. The first-order chi connectivity index (χ1) is 12.5. The molecule has 2 aromatic heterocycles. The van der Waals surface area contributed by atoms with Crippen molar-refractivity contribution < 1.29 is 13.2 Å². The molecule has 1 amide bonds. The van der Waals surface area contributed by atoms with E-state index in [2.05, 4.69) is 15.2 Å². The van der Waals surface area contributed by atoms with Gasteiger partial charge in [-0.3, -0.25) is 9.69 Å². The highest BCUT2D eigenvalue weighted by Crippen LogP contribution is 2.26. The van der Waals surface area contributed by atoms with E-state index in [9.17, 15) is 13.2 Å². The maximum absolute atomic E-state index is 12.6. The number of thiazole rings is 1. The Labute approximate surface area is 161 Å². The van der Waals surface area contributed by atoms with Gasteiger partial charge in [-0.25, -0.2) is 13.4 Å². The van der Waals surface area contributed by atoms with Gasteiger partial charge in [-0.15, -0.1) is 11.3 Å². The molecule has 2 aliphatic rings. The Hall–Kier alpha value is -1.29. The zero-order valence-electron chi connectivity index (χ0n) is 14.3. The molecule has 140 valence electrons. The van der Waals surface area contributed by atoms with Crippen LogP contribution in [0, 0.1) is 0 Å². The smallest absolute Gasteiger partial charge is 0.271 e. The first kappa shape index (κ1) is 18.1. The van der Waals surface area contributed by atoms with E-state index < -0.39 is 9.84 Å². The standard InChI is InChI=1S/C17H21N3O3S3/c21-16(13-9-25-17(19-13)12-4-7-24-8-12)18-14-10-26(22,23)11-15(14)20-5-2-1-3-6-20/h4,7-9,14-15H,1-3,5-6,10-11H2,(H,18,21). The van der Waals surface area contributed by atoms with Crippen molar-refractivity contribution in [2.24, 2.45) is 0 Å². The summed E-state index contributed by atoms with van der Waals surface area (Å²) in [5.74, 6) is -0.136. The topological polar surface area (TPSA) is 79.4 Å². The maximum Gasteiger partial charge on any atom is 0.271 e. The van der Waals surface area contributed by atoms with Gasteiger partial charge >= 0.3 is 0 Å². The Morgan fingerprint density at radius 3 is 2.73 bits per heavy atom. The molecule has 2 atom stereocenters. The summed E-state index contributed by atoms with van der Waals surface area (Å²) in [4.78, 5) is 19.3. The number of likely N-dealkylation sites (tertiary alicyclic amines) is 1. The number of thiophene rings is 1. The van der Waals surface area contributed by atoms with Crippen LogP contribution in [0.4, 0.5) is 0 Å². The Morgan fingerprint density at radius 2 is 2.00 bits per heavy atom. The number of nitrogens with one attached hydrogen (secondary N) is 1. The molecule has 2 fully saturated rings. The minimum absolute atomic E-state index is 0.0153. The molecular weight excluding hydrogens is 390 g/mol. The molecule has 4 rings (SSSR count). The molecule has 0 bridgehead atoms. The van der Waals surface area contributed by atoms with Gasteiger partial charge in [-0.05, 0) is 37.4 Å². The molecule has 0 radical (unpaired) electrons. The van der Waals surface area contributed by atoms with E-state index in [1.54, 1.807) is 16.7 Å². The normalized spacial score (nSPS) is 26.0. The minimum atomic E-state index is -3.12. The molecular formula is C17H21N3O3S3. The lowest BCUT2D eigenvalue weighted by Crippen LogP contribution is -2.52. The second-order valence-electron chi connectivity index (χ2n) is 6.87. The van der Waals surface area contributed by atoms with Crippen molar-refractivity contribution in [1.82, 2.24) is 15.2 Å². The van der Waals surface area contributed by atoms with Gasteiger partial charge in [0.1, 0.15) is 10.7 Å². The van der Waals surface area contributed by atoms with Crippen molar-refractivity contribution in [3.63, 3.8) is 0 Å². The van der Waals surface area contributed by atoms with Crippen LogP contribution < -0.4 is 5.32 Å². The van der Waals surface area contributed by atoms with Crippen LogP contribution in [0.2, 0.25) is 0 Å². The average molecular weight is 412 g/mol. The van der Waals surface area contributed by atoms with Crippen molar-refractivity contribution in [3.05, 3.63) is 27.9 Å². The molecule has 1 N–H and O–H groups in total. The molecule has 4 heterocycles. The quantitative estimate of drug-likeness (QED) is 0.835. The third-order valence-electron chi connectivity index (χ3n) is 5.00. The van der Waals surface area contributed by atoms with E-state index in [1.165, 1.54) is 17.8 Å². The molecule has 0 spiro atoms. The largest absolute Gasteiger partial charge is 0.345 e. The van der Waals surface area contributed by atoms with Gasteiger partial charge in [0, 0.05) is 22.4 Å². The van der Waals surface area contributed by atoms with Gasteiger partial charge in [0.2, 0.25) is 0 Å². The number of hydrogen-bond acceptors (Lipinski definition) is 7. The number of hydrogen-bond donors (Lipinski definition) is 1. The van der Waals surface area contributed by atoms with E-state index in [0.717, 1.165) is 36.5 Å². The van der Waals surface area contributed by atoms with Crippen LogP contribution in [0.5, 0.6) is 0 Å². The number of carbonyl (C=O) groups excluding carboxylic acids is 1. The average Bonchev–Trinajstić information content (AvgIpc) is 3.34. The zero-order valence-corrected chi connectivity index (χ0v) is 16.7. The van der Waals surface area contributed by atoms with Gasteiger partial charge < -0.3 is 5.32 Å². The van der Waals surface area contributed by atoms with Crippen molar-refractivity contribution >= 4 is 38.4 Å². The molecule has 0 saturated carbocycles. The second kappa shape index (κ2) is 7.38. The Morgan fingerprint density at radius 1 is 1.19 bits per heavy atom. The summed E-state index contributed by atoms with van der Waals surface area (Å²) in [6.45, 7) is 1.82. The summed E-state index contributed by atoms with van der Waals surface area (Å²) in [5, 5.41) is 9.46. The third-order valence-corrected chi connectivity index (χ3v) is 8.29. The van der Waals surface area contributed by atoms with E-state index in [4.69, 9.17) is 0 Å². The number of nitrogens with zero attached hydrogens (tertiary/aromatic N) is 2. The molecule has 9 heteroatoms. The highest BCUT2D eigenvalue weighted by molar-refractivity contribution is 7.91. The van der Waals surface area contributed by atoms with Crippen molar-refractivity contribution in [3.8, 4) is 10.6 Å². The fourth-order valence-electron chi connectivity index (χ4n) is 3.72. The molecule has 2 aromatic rings. The number of amides is 1. The van der Waals surface area contributed by atoms with Gasteiger partial charge in [0.05, 0.1) is 17.5 Å². The van der Waals surface area contributed by atoms with E-state index in [-0.39, 0.29) is 29.5 Å². The number of sulfone groups is 1. The predicted octanol–water partition coefficient (Wildman–Crippen LogP) is 2.25. The van der Waals surface area contributed by atoms with Crippen molar-refractivity contribution in [2.45, 2.75) is 31.3 Å². The SMILES string of the molecule is O=C(NC1CS(=O)(=O)CC1N1CCCCC1)c1csc(-c2ccsc2)n1. The first-order valence-corrected chi connectivity index (χ1v) is 12.4. The lowest BCUT2D eigenvalue weighted by atomic mass is 10.0. The fraction of sp³-hybridized carbons (Fsp3) is 0.529. The van der Waals surface area contributed by atoms with Gasteiger partial charge in [0.15, 0.2) is 9.84 Å². The van der Waals surface area contributed by atoms with Crippen LogP contribution in [0.1, 0.15) is 29.8 Å². The molecule has 0 aromatic carbocycles. The molecule has 2 aliphatic heterocycles. The van der Waals surface area contributed by atoms with Crippen LogP contribution in [-0.4, -0.2) is 60.9 Å². The number of piperidine rings is 1. The second-order valence-corrected chi connectivity index (χ2v) is 10.7. The fourth-order valence-corrected chi connectivity index (χ4v) is 7.18. The number of aromatic nitrogens is 1. The summed E-state index contributed by atoms with van der Waals surface area (Å²) < 4.78 is 24.4. The van der Waals surface area contributed by atoms with E-state index in [0.29, 0.717) is 5.69 Å². The maximum atomic E-state index is 12.6. The van der Waals surface area contributed by atoms with Gasteiger partial charge in [-0.2, -0.15) is 11.3 Å². The van der Waals surface area contributed by atoms with E-state index >= 15 is 0 Å². The van der Waals surface area contributed by atoms with E-state index in [1.807, 2.05) is 16.8 Å². The molecule has 0 aliphatic carbocycles. The molecule has 2 unspecified atom stereocenters. The van der Waals surface area contributed by atoms with Gasteiger partial charge in [-0.1, -0.05) is 6.42 Å². The molecule has 2 saturated heterocycles. The summed E-state index contributed by atoms with van der Waals surface area (Å²) in [5.41, 5.74) is 1.37. The Bertz CT molecular complexity index is 870. The van der Waals surface area contributed by atoms with Crippen LogP contribution in [0.25, 0.3) is 10.6 Å². The molecule has 26 heavy (non-hydrogen) atoms. The van der Waals surface area contributed by atoms with Crippen LogP contribution in [0.3, 0.4) is 0 Å². The number of carbonyl (C=O) groups is 1. The lowest BCUT2D eigenvalue weighted by Gasteiger charge is -2.34. The Balaban J connectivity index is 1.48. The number of rotatable bonds is 4. The van der Waals surface area contributed by atoms with Crippen molar-refractivity contribution in [2.75, 3.05) is 24.6 Å². The lowest BCUT2D eigenvalue weighted by molar-refractivity contribution is 0.0896. The summed E-state index contributed by atoms with van der Waals surface area (Å²) in [7, 11) is -3.12. The van der Waals surface area contributed by atoms with Crippen LogP contribution in [0.15, 0.2) is 22.2 Å². The minimum Gasteiger partial charge on any atom is -0.345 e. The summed E-state index contributed by atoms with van der Waals surface area (Å²) in [6.07, 6.45) is 3.37. The zero-order chi connectivity index (χ0) is 18.1. The monoisotopic (exact) mass is 411 g/mol. The van der Waals surface area contributed by atoms with Crippen LogP contribution in [-0.2, 0) is 9.84 Å². The van der Waals surface area contributed by atoms with Gasteiger partial charge in [0.25, 0.3) is 5.91 Å².